The second kappa shape index (κ2) is 4.51. The summed E-state index contributed by atoms with van der Waals surface area (Å²) in [5.41, 5.74) is 4.44. The molecule has 0 radical (unpaired) electrons. The van der Waals surface area contributed by atoms with Crippen molar-refractivity contribution in [1.29, 1.82) is 0 Å². The maximum absolute atomic E-state index is 13.3. The van der Waals surface area contributed by atoms with Gasteiger partial charge in [0.2, 0.25) is 0 Å². The largest absolute Gasteiger partial charge is 0.358 e. The number of nitrogens with one attached hydrogen (secondary N) is 1. The Bertz CT molecular complexity index is 615. The molecule has 3 rings (SSSR count). The van der Waals surface area contributed by atoms with Crippen molar-refractivity contribution in [3.63, 3.8) is 0 Å². The van der Waals surface area contributed by atoms with E-state index in [2.05, 4.69) is 50.4 Å². The van der Waals surface area contributed by atoms with Crippen LogP contribution in [0.3, 0.4) is 0 Å². The van der Waals surface area contributed by atoms with Crippen LogP contribution in [-0.2, 0) is 5.41 Å². The van der Waals surface area contributed by atoms with E-state index in [0.29, 0.717) is 6.54 Å². The molecule has 1 N–H and O–H groups in total. The van der Waals surface area contributed by atoms with Crippen LogP contribution in [0.25, 0.3) is 5.70 Å². The lowest BCUT2D eigenvalue weighted by molar-refractivity contribution is 0.484. The smallest absolute Gasteiger partial charge is 0.122 e. The van der Waals surface area contributed by atoms with Crippen molar-refractivity contribution in [2.75, 3.05) is 6.54 Å². The quantitative estimate of drug-likeness (QED) is 0.832. The maximum Gasteiger partial charge on any atom is 0.122 e. The molecule has 0 saturated heterocycles. The third kappa shape index (κ3) is 2.36. The lowest BCUT2D eigenvalue weighted by Gasteiger charge is -2.24. The first-order chi connectivity index (χ1) is 9.43. The Morgan fingerprint density at radius 3 is 2.50 bits per heavy atom. The van der Waals surface area contributed by atoms with Crippen molar-refractivity contribution < 1.29 is 4.39 Å². The van der Waals surface area contributed by atoms with E-state index in [4.69, 9.17) is 0 Å². The van der Waals surface area contributed by atoms with Crippen LogP contribution >= 0.6 is 0 Å². The van der Waals surface area contributed by atoms with Gasteiger partial charge in [0.15, 0.2) is 0 Å². The summed E-state index contributed by atoms with van der Waals surface area (Å²) in [7, 11) is 0. The van der Waals surface area contributed by atoms with E-state index < -0.39 is 0 Å². The van der Waals surface area contributed by atoms with Gasteiger partial charge in [0.05, 0.1) is 17.9 Å². The molecule has 20 heavy (non-hydrogen) atoms. The van der Waals surface area contributed by atoms with Crippen molar-refractivity contribution in [3.8, 4) is 0 Å². The molecule has 0 aromatic heterocycles. The highest BCUT2D eigenvalue weighted by Gasteiger charge is 2.21. The molecule has 0 aliphatic carbocycles. The highest BCUT2D eigenvalue weighted by Crippen LogP contribution is 2.28. The molecule has 0 spiro atoms. The summed E-state index contributed by atoms with van der Waals surface area (Å²) in [6, 6.07) is 8.52. The summed E-state index contributed by atoms with van der Waals surface area (Å²) < 4.78 is 13.3. The zero-order chi connectivity index (χ0) is 14.3. The normalized spacial score (nSPS) is 18.0. The lowest BCUT2D eigenvalue weighted by atomic mass is 9.86. The minimum atomic E-state index is -0.0985. The molecule has 0 bridgehead atoms. The third-order valence-electron chi connectivity index (χ3n) is 3.68. The fourth-order valence-electron chi connectivity index (χ4n) is 2.44. The van der Waals surface area contributed by atoms with Gasteiger partial charge in [-0.25, -0.2) is 4.39 Å². The van der Waals surface area contributed by atoms with Crippen molar-refractivity contribution >= 4 is 5.70 Å². The molecular weight excluding hydrogens is 251 g/mol. The molecule has 2 aliphatic rings. The summed E-state index contributed by atoms with van der Waals surface area (Å²) in [6.07, 6.45) is 5.37. The maximum atomic E-state index is 13.3. The van der Waals surface area contributed by atoms with Crippen LogP contribution in [0.15, 0.2) is 54.3 Å². The highest BCUT2D eigenvalue weighted by atomic mass is 19.1. The van der Waals surface area contributed by atoms with E-state index in [1.165, 1.54) is 5.56 Å². The van der Waals surface area contributed by atoms with Gasteiger partial charge in [-0.2, -0.15) is 0 Å². The summed E-state index contributed by atoms with van der Waals surface area (Å²) in [5.74, 6) is -0.0985. The summed E-state index contributed by atoms with van der Waals surface area (Å²) in [5, 5.41) is 3.23. The monoisotopic (exact) mass is 270 g/mol. The number of hydrogen-bond donors (Lipinski definition) is 1. The molecule has 2 aliphatic heterocycles. The predicted octanol–water partition coefficient (Wildman–Crippen LogP) is 3.90. The van der Waals surface area contributed by atoms with Gasteiger partial charge in [0.25, 0.3) is 0 Å². The first kappa shape index (κ1) is 13.0. The van der Waals surface area contributed by atoms with E-state index in [1.54, 1.807) is 6.08 Å². The third-order valence-corrected chi connectivity index (χ3v) is 3.68. The Kier molecular flexibility index (Phi) is 2.93. The van der Waals surface area contributed by atoms with Crippen LogP contribution in [0.2, 0.25) is 0 Å². The average molecular weight is 270 g/mol. The predicted molar refractivity (Wildman–Crippen MR) is 80.2 cm³/mol. The Labute approximate surface area is 119 Å². The summed E-state index contributed by atoms with van der Waals surface area (Å²) in [4.78, 5) is 1.92. The molecule has 0 amide bonds. The first-order valence-electron chi connectivity index (χ1n) is 6.86. The van der Waals surface area contributed by atoms with Gasteiger partial charge < -0.3 is 10.2 Å². The number of halogens is 1. The second-order valence-electron chi connectivity index (χ2n) is 6.30. The molecule has 1 aromatic carbocycles. The fourth-order valence-corrected chi connectivity index (χ4v) is 2.44. The Hall–Kier alpha value is -2.03. The lowest BCUT2D eigenvalue weighted by Crippen LogP contribution is -2.22. The Balaban J connectivity index is 1.83. The molecule has 0 fully saturated rings. The van der Waals surface area contributed by atoms with Crippen molar-refractivity contribution in [1.82, 2.24) is 10.2 Å². The summed E-state index contributed by atoms with van der Waals surface area (Å²) >= 11 is 0. The zero-order valence-corrected chi connectivity index (χ0v) is 12.1. The van der Waals surface area contributed by atoms with Gasteiger partial charge in [-0.3, -0.25) is 0 Å². The minimum absolute atomic E-state index is 0.0985. The Morgan fingerprint density at radius 1 is 1.15 bits per heavy atom. The van der Waals surface area contributed by atoms with E-state index >= 15 is 0 Å². The van der Waals surface area contributed by atoms with Crippen LogP contribution in [0, 0.1) is 0 Å². The number of allylic oxidation sites excluding steroid dienone is 1. The minimum Gasteiger partial charge on any atom is -0.358 e. The van der Waals surface area contributed by atoms with Gasteiger partial charge in [0.1, 0.15) is 5.83 Å². The molecule has 104 valence electrons. The van der Waals surface area contributed by atoms with Crippen molar-refractivity contribution in [2.45, 2.75) is 26.2 Å². The standard InChI is InChI=1S/C17H19FN2/c1-17(2,3)13-6-4-12(5-7-13)16-11-20-10-14(18)8-15(20)9-19-16/h4-9,11,19H,10H2,1-3H3. The van der Waals surface area contributed by atoms with Gasteiger partial charge in [0, 0.05) is 12.4 Å². The zero-order valence-electron chi connectivity index (χ0n) is 12.1. The SMILES string of the molecule is CC(C)(C)c1ccc(C2=CN3CC(F)=CC3=CN2)cc1. The van der Waals surface area contributed by atoms with Gasteiger partial charge in [-0.1, -0.05) is 45.0 Å². The fraction of sp³-hybridized carbons (Fsp3) is 0.294. The molecule has 2 heterocycles. The molecule has 0 unspecified atom stereocenters. The van der Waals surface area contributed by atoms with E-state index in [9.17, 15) is 4.39 Å². The van der Waals surface area contributed by atoms with E-state index in [1.807, 2.05) is 17.3 Å². The number of rotatable bonds is 1. The van der Waals surface area contributed by atoms with Gasteiger partial charge >= 0.3 is 0 Å². The topological polar surface area (TPSA) is 15.3 Å². The number of hydrogen-bond acceptors (Lipinski definition) is 2. The van der Waals surface area contributed by atoms with Crippen LogP contribution in [0.4, 0.5) is 4.39 Å². The molecule has 3 heteroatoms. The van der Waals surface area contributed by atoms with Crippen molar-refractivity contribution in [3.05, 3.63) is 65.4 Å². The summed E-state index contributed by atoms with van der Waals surface area (Å²) in [6.45, 7) is 6.94. The van der Waals surface area contributed by atoms with E-state index in [0.717, 1.165) is 17.0 Å². The number of benzene rings is 1. The van der Waals surface area contributed by atoms with E-state index in [-0.39, 0.29) is 11.2 Å². The molecule has 0 saturated carbocycles. The number of fused-ring (bicyclic) bond motifs is 1. The van der Waals surface area contributed by atoms with Crippen LogP contribution in [0.1, 0.15) is 31.9 Å². The number of nitrogens with zero attached hydrogens (tertiary/aromatic N) is 1. The van der Waals surface area contributed by atoms with Crippen LogP contribution < -0.4 is 5.32 Å². The molecule has 2 nitrogen and oxygen atoms in total. The van der Waals surface area contributed by atoms with Crippen molar-refractivity contribution in [2.24, 2.45) is 0 Å². The molecule has 0 atom stereocenters. The highest BCUT2D eigenvalue weighted by molar-refractivity contribution is 5.67. The van der Waals surface area contributed by atoms with Crippen LogP contribution in [0.5, 0.6) is 0 Å². The van der Waals surface area contributed by atoms with Crippen LogP contribution in [-0.4, -0.2) is 11.4 Å². The second-order valence-corrected chi connectivity index (χ2v) is 6.30. The average Bonchev–Trinajstić information content (AvgIpc) is 2.77. The molecule has 1 aromatic rings. The van der Waals surface area contributed by atoms with Gasteiger partial charge in [-0.15, -0.1) is 0 Å². The molecular formula is C17H19FN2. The van der Waals surface area contributed by atoms with Gasteiger partial charge in [-0.05, 0) is 22.6 Å². The Morgan fingerprint density at radius 2 is 1.85 bits per heavy atom. The first-order valence-corrected chi connectivity index (χ1v) is 6.86.